The van der Waals surface area contributed by atoms with Gasteiger partial charge in [0.05, 0.1) is 13.2 Å². The van der Waals surface area contributed by atoms with Crippen molar-refractivity contribution in [3.63, 3.8) is 0 Å². The molecule has 0 aliphatic carbocycles. The predicted octanol–water partition coefficient (Wildman–Crippen LogP) is 2.76. The summed E-state index contributed by atoms with van der Waals surface area (Å²) in [5.41, 5.74) is 1.47. The minimum atomic E-state index is -0.250. The molecule has 23 heavy (non-hydrogen) atoms. The number of benzene rings is 2. The highest BCUT2D eigenvalue weighted by Crippen LogP contribution is 2.27. The van der Waals surface area contributed by atoms with E-state index in [4.69, 9.17) is 9.47 Å². The van der Waals surface area contributed by atoms with Crippen LogP contribution in [0.15, 0.2) is 48.5 Å². The Kier molecular flexibility index (Phi) is 5.74. The molecule has 120 valence electrons. The molecule has 1 unspecified atom stereocenters. The zero-order valence-corrected chi connectivity index (χ0v) is 13.1. The fourth-order valence-corrected chi connectivity index (χ4v) is 2.13. The van der Waals surface area contributed by atoms with Gasteiger partial charge in [-0.25, -0.2) is 0 Å². The molecule has 1 atom stereocenters. The Morgan fingerprint density at radius 1 is 1.17 bits per heavy atom. The van der Waals surface area contributed by atoms with Crippen molar-refractivity contribution in [1.82, 2.24) is 5.32 Å². The van der Waals surface area contributed by atoms with Gasteiger partial charge in [-0.1, -0.05) is 30.3 Å². The van der Waals surface area contributed by atoms with E-state index in [1.54, 1.807) is 18.2 Å². The minimum absolute atomic E-state index is 0.115. The first-order valence-electron chi connectivity index (χ1n) is 7.24. The first-order valence-corrected chi connectivity index (χ1v) is 7.24. The predicted molar refractivity (Wildman–Crippen MR) is 86.9 cm³/mol. The maximum atomic E-state index is 12.0. The summed E-state index contributed by atoms with van der Waals surface area (Å²) in [4.78, 5) is 22.8. The number of ether oxygens (including phenoxy) is 2. The van der Waals surface area contributed by atoms with Gasteiger partial charge in [0.15, 0.2) is 18.1 Å². The van der Waals surface area contributed by atoms with Gasteiger partial charge in [0.2, 0.25) is 0 Å². The smallest absolute Gasteiger partial charge is 0.258 e. The molecule has 0 fully saturated rings. The highest BCUT2D eigenvalue weighted by molar-refractivity contribution is 5.79. The van der Waals surface area contributed by atoms with Crippen molar-refractivity contribution < 1.29 is 19.1 Å². The van der Waals surface area contributed by atoms with E-state index in [2.05, 4.69) is 5.32 Å². The quantitative estimate of drug-likeness (QED) is 0.798. The van der Waals surface area contributed by atoms with Gasteiger partial charge < -0.3 is 14.8 Å². The summed E-state index contributed by atoms with van der Waals surface area (Å²) in [6.45, 7) is 1.75. The molecule has 1 N–H and O–H groups in total. The number of hydrogen-bond donors (Lipinski definition) is 1. The molecule has 2 aromatic carbocycles. The summed E-state index contributed by atoms with van der Waals surface area (Å²) < 4.78 is 10.6. The van der Waals surface area contributed by atoms with Crippen molar-refractivity contribution in [2.45, 2.75) is 13.0 Å². The van der Waals surface area contributed by atoms with Crippen LogP contribution in [-0.4, -0.2) is 25.9 Å². The summed E-state index contributed by atoms with van der Waals surface area (Å²) in [7, 11) is 1.50. The average Bonchev–Trinajstić information content (AvgIpc) is 2.60. The first kappa shape index (κ1) is 16.5. The van der Waals surface area contributed by atoms with Crippen LogP contribution < -0.4 is 14.8 Å². The van der Waals surface area contributed by atoms with Gasteiger partial charge >= 0.3 is 0 Å². The summed E-state index contributed by atoms with van der Waals surface area (Å²) in [6.07, 6.45) is 0.712. The fraction of sp³-hybridized carbons (Fsp3) is 0.222. The number of hydrogen-bond acceptors (Lipinski definition) is 4. The zero-order valence-electron chi connectivity index (χ0n) is 13.1. The maximum absolute atomic E-state index is 12.0. The second-order valence-corrected chi connectivity index (χ2v) is 5.02. The normalized spacial score (nSPS) is 11.4. The number of amides is 1. The molecule has 0 aliphatic rings. The molecule has 0 aromatic heterocycles. The van der Waals surface area contributed by atoms with E-state index in [1.807, 2.05) is 37.3 Å². The molecule has 5 heteroatoms. The summed E-state index contributed by atoms with van der Waals surface area (Å²) in [6, 6.07) is 14.3. The third-order valence-electron chi connectivity index (χ3n) is 3.36. The van der Waals surface area contributed by atoms with Crippen LogP contribution in [0.3, 0.4) is 0 Å². The highest BCUT2D eigenvalue weighted by atomic mass is 16.5. The molecule has 5 nitrogen and oxygen atoms in total. The third kappa shape index (κ3) is 4.57. The molecular weight excluding hydrogens is 294 g/mol. The van der Waals surface area contributed by atoms with Gasteiger partial charge in [-0.05, 0) is 30.7 Å². The summed E-state index contributed by atoms with van der Waals surface area (Å²) >= 11 is 0. The number of methoxy groups -OCH3 is 1. The van der Waals surface area contributed by atoms with Gasteiger partial charge in [-0.2, -0.15) is 0 Å². The van der Waals surface area contributed by atoms with Gasteiger partial charge in [0.1, 0.15) is 6.29 Å². The Bertz CT molecular complexity index is 670. The van der Waals surface area contributed by atoms with E-state index < -0.39 is 0 Å². The SMILES string of the molecule is COc1ccc(C=O)cc1OCC(=O)NC(C)c1ccccc1. The Hall–Kier alpha value is -2.82. The topological polar surface area (TPSA) is 64.6 Å². The molecule has 0 spiro atoms. The summed E-state index contributed by atoms with van der Waals surface area (Å²) in [5, 5.41) is 2.86. The average molecular weight is 313 g/mol. The molecule has 2 aromatic rings. The molecule has 0 heterocycles. The number of carbonyl (C=O) groups excluding carboxylic acids is 2. The van der Waals surface area contributed by atoms with E-state index in [0.29, 0.717) is 23.3 Å². The van der Waals surface area contributed by atoms with Crippen LogP contribution in [0.2, 0.25) is 0 Å². The van der Waals surface area contributed by atoms with E-state index >= 15 is 0 Å². The number of carbonyl (C=O) groups is 2. The van der Waals surface area contributed by atoms with E-state index in [-0.39, 0.29) is 18.6 Å². The molecule has 0 saturated heterocycles. The lowest BCUT2D eigenvalue weighted by Gasteiger charge is -2.15. The van der Waals surface area contributed by atoms with Crippen molar-refractivity contribution in [3.05, 3.63) is 59.7 Å². The summed E-state index contributed by atoms with van der Waals surface area (Å²) in [5.74, 6) is 0.582. The van der Waals surface area contributed by atoms with Crippen molar-refractivity contribution in [2.75, 3.05) is 13.7 Å². The third-order valence-corrected chi connectivity index (χ3v) is 3.36. The zero-order chi connectivity index (χ0) is 16.7. The van der Waals surface area contributed by atoms with Crippen LogP contribution in [0.4, 0.5) is 0 Å². The van der Waals surface area contributed by atoms with Gasteiger partial charge in [0.25, 0.3) is 5.91 Å². The highest BCUT2D eigenvalue weighted by Gasteiger charge is 2.12. The number of rotatable bonds is 7. The Labute approximate surface area is 135 Å². The molecular formula is C18H19NO4. The van der Waals surface area contributed by atoms with E-state index in [1.165, 1.54) is 7.11 Å². The van der Waals surface area contributed by atoms with Crippen LogP contribution in [-0.2, 0) is 4.79 Å². The second kappa shape index (κ2) is 7.98. The van der Waals surface area contributed by atoms with Crippen molar-refractivity contribution in [2.24, 2.45) is 0 Å². The first-order chi connectivity index (χ1) is 11.1. The van der Waals surface area contributed by atoms with E-state index in [9.17, 15) is 9.59 Å². The largest absolute Gasteiger partial charge is 0.493 e. The lowest BCUT2D eigenvalue weighted by molar-refractivity contribution is -0.123. The lowest BCUT2D eigenvalue weighted by atomic mass is 10.1. The lowest BCUT2D eigenvalue weighted by Crippen LogP contribution is -2.31. The molecule has 2 rings (SSSR count). The van der Waals surface area contributed by atoms with E-state index in [0.717, 1.165) is 5.56 Å². The Balaban J connectivity index is 1.95. The van der Waals surface area contributed by atoms with Gasteiger partial charge in [-0.15, -0.1) is 0 Å². The van der Waals surface area contributed by atoms with Crippen LogP contribution in [0.5, 0.6) is 11.5 Å². The van der Waals surface area contributed by atoms with Crippen molar-refractivity contribution >= 4 is 12.2 Å². The van der Waals surface area contributed by atoms with Crippen molar-refractivity contribution in [3.8, 4) is 11.5 Å². The van der Waals surface area contributed by atoms with Crippen LogP contribution >= 0.6 is 0 Å². The van der Waals surface area contributed by atoms with Crippen LogP contribution in [0.1, 0.15) is 28.9 Å². The molecule has 1 amide bonds. The number of aldehydes is 1. The maximum Gasteiger partial charge on any atom is 0.258 e. The monoisotopic (exact) mass is 313 g/mol. The minimum Gasteiger partial charge on any atom is -0.493 e. The molecule has 0 bridgehead atoms. The molecule has 0 saturated carbocycles. The Morgan fingerprint density at radius 2 is 1.91 bits per heavy atom. The standard InChI is InChI=1S/C18H19NO4/c1-13(15-6-4-3-5-7-15)19-18(21)12-23-17-10-14(11-20)8-9-16(17)22-2/h3-11,13H,12H2,1-2H3,(H,19,21). The second-order valence-electron chi connectivity index (χ2n) is 5.02. The van der Waals surface area contributed by atoms with Crippen LogP contribution in [0, 0.1) is 0 Å². The fourth-order valence-electron chi connectivity index (χ4n) is 2.13. The van der Waals surface area contributed by atoms with Crippen molar-refractivity contribution in [1.29, 1.82) is 0 Å². The van der Waals surface area contributed by atoms with Gasteiger partial charge in [0, 0.05) is 5.56 Å². The molecule has 0 radical (unpaired) electrons. The van der Waals surface area contributed by atoms with Gasteiger partial charge in [-0.3, -0.25) is 9.59 Å². The Morgan fingerprint density at radius 3 is 2.57 bits per heavy atom. The van der Waals surface area contributed by atoms with Crippen LogP contribution in [0.25, 0.3) is 0 Å². The molecule has 0 aliphatic heterocycles. The number of nitrogens with one attached hydrogen (secondary N) is 1.